The average Bonchev–Trinajstić information content (AvgIpc) is 2.44. The summed E-state index contributed by atoms with van der Waals surface area (Å²) >= 11 is 0. The van der Waals surface area contributed by atoms with Crippen molar-refractivity contribution in [1.82, 2.24) is 0 Å². The van der Waals surface area contributed by atoms with Gasteiger partial charge in [0.25, 0.3) is 0 Å². The summed E-state index contributed by atoms with van der Waals surface area (Å²) in [6.45, 7) is 3.81. The fraction of sp³-hybridized carbons (Fsp3) is 0.900. The lowest BCUT2D eigenvalue weighted by Gasteiger charge is -2.21. The van der Waals surface area contributed by atoms with Gasteiger partial charge in [0.2, 0.25) is 0 Å². The first-order chi connectivity index (χ1) is 5.68. The molecule has 0 aromatic carbocycles. The van der Waals surface area contributed by atoms with E-state index < -0.39 is 0 Å². The number of hydrogen-bond acceptors (Lipinski definition) is 2. The summed E-state index contributed by atoms with van der Waals surface area (Å²) in [4.78, 5) is 10.8. The van der Waals surface area contributed by atoms with E-state index in [0.717, 1.165) is 18.3 Å². The zero-order chi connectivity index (χ0) is 8.72. The second-order valence-corrected chi connectivity index (χ2v) is 4.24. The van der Waals surface area contributed by atoms with Crippen LogP contribution in [0.1, 0.15) is 33.1 Å². The van der Waals surface area contributed by atoms with Crippen LogP contribution in [0, 0.1) is 17.8 Å². The molecule has 0 heterocycles. The molecular formula is C10H16O2. The maximum absolute atomic E-state index is 10.8. The third-order valence-corrected chi connectivity index (χ3v) is 3.62. The van der Waals surface area contributed by atoms with Crippen molar-refractivity contribution in [2.24, 2.45) is 17.8 Å². The van der Waals surface area contributed by atoms with E-state index in [1.165, 1.54) is 19.8 Å². The van der Waals surface area contributed by atoms with Crippen LogP contribution in [-0.4, -0.2) is 12.1 Å². The topological polar surface area (TPSA) is 26.3 Å². The van der Waals surface area contributed by atoms with E-state index in [-0.39, 0.29) is 12.1 Å². The van der Waals surface area contributed by atoms with E-state index in [1.54, 1.807) is 0 Å². The number of carbonyl (C=O) groups excluding carboxylic acids is 1. The van der Waals surface area contributed by atoms with Gasteiger partial charge in [-0.2, -0.15) is 0 Å². The number of hydrogen-bond donors (Lipinski definition) is 0. The molecule has 2 fully saturated rings. The molecule has 0 radical (unpaired) electrons. The van der Waals surface area contributed by atoms with Crippen molar-refractivity contribution >= 4 is 5.97 Å². The molecule has 0 spiro atoms. The minimum absolute atomic E-state index is 0.111. The van der Waals surface area contributed by atoms with E-state index >= 15 is 0 Å². The van der Waals surface area contributed by atoms with Crippen LogP contribution >= 0.6 is 0 Å². The van der Waals surface area contributed by atoms with Gasteiger partial charge in [-0.3, -0.25) is 4.79 Å². The van der Waals surface area contributed by atoms with Crippen molar-refractivity contribution in [2.45, 2.75) is 39.2 Å². The van der Waals surface area contributed by atoms with E-state index in [9.17, 15) is 4.79 Å². The molecule has 0 aromatic heterocycles. The van der Waals surface area contributed by atoms with Crippen molar-refractivity contribution in [3.8, 4) is 0 Å². The van der Waals surface area contributed by atoms with Crippen LogP contribution in [0.5, 0.6) is 0 Å². The number of esters is 1. The summed E-state index contributed by atoms with van der Waals surface area (Å²) < 4.78 is 5.28. The van der Waals surface area contributed by atoms with Gasteiger partial charge in [0, 0.05) is 6.92 Å². The van der Waals surface area contributed by atoms with Gasteiger partial charge in [-0.1, -0.05) is 6.92 Å². The second kappa shape index (κ2) is 2.75. The Hall–Kier alpha value is -0.530. The van der Waals surface area contributed by atoms with Crippen molar-refractivity contribution in [3.05, 3.63) is 0 Å². The largest absolute Gasteiger partial charge is 0.462 e. The van der Waals surface area contributed by atoms with Crippen LogP contribution in [-0.2, 0) is 9.53 Å². The lowest BCUT2D eigenvalue weighted by atomic mass is 9.97. The van der Waals surface area contributed by atoms with Crippen LogP contribution in [0.3, 0.4) is 0 Å². The summed E-state index contributed by atoms with van der Waals surface area (Å²) in [6, 6.07) is 0. The van der Waals surface area contributed by atoms with Crippen LogP contribution < -0.4 is 0 Å². The zero-order valence-electron chi connectivity index (χ0n) is 7.75. The molecule has 2 aliphatic carbocycles. The fourth-order valence-corrected chi connectivity index (χ4v) is 2.96. The highest BCUT2D eigenvalue weighted by Crippen LogP contribution is 2.50. The molecule has 2 saturated carbocycles. The predicted molar refractivity (Wildman–Crippen MR) is 45.5 cm³/mol. The van der Waals surface area contributed by atoms with Crippen LogP contribution in [0.15, 0.2) is 0 Å². The zero-order valence-corrected chi connectivity index (χ0v) is 7.75. The van der Waals surface area contributed by atoms with Gasteiger partial charge in [0.05, 0.1) is 0 Å². The molecule has 0 N–H and O–H groups in total. The Morgan fingerprint density at radius 2 is 2.17 bits per heavy atom. The van der Waals surface area contributed by atoms with E-state index in [0.29, 0.717) is 5.92 Å². The van der Waals surface area contributed by atoms with Gasteiger partial charge >= 0.3 is 5.97 Å². The molecule has 0 aliphatic heterocycles. The summed E-state index contributed by atoms with van der Waals surface area (Å²) in [7, 11) is 0. The van der Waals surface area contributed by atoms with Crippen LogP contribution in [0.25, 0.3) is 0 Å². The highest BCUT2D eigenvalue weighted by atomic mass is 16.5. The summed E-state index contributed by atoms with van der Waals surface area (Å²) in [5.74, 6) is 2.17. The number of carbonyl (C=O) groups is 1. The van der Waals surface area contributed by atoms with E-state index in [2.05, 4.69) is 6.92 Å². The lowest BCUT2D eigenvalue weighted by molar-refractivity contribution is -0.148. The van der Waals surface area contributed by atoms with E-state index in [4.69, 9.17) is 4.74 Å². The van der Waals surface area contributed by atoms with Crippen molar-refractivity contribution in [1.29, 1.82) is 0 Å². The predicted octanol–water partition coefficient (Wildman–Crippen LogP) is 1.98. The molecule has 12 heavy (non-hydrogen) atoms. The Morgan fingerprint density at radius 3 is 2.58 bits per heavy atom. The Balaban J connectivity index is 1.99. The molecule has 0 aromatic rings. The minimum atomic E-state index is -0.111. The quantitative estimate of drug-likeness (QED) is 0.560. The number of fused-ring (bicyclic) bond motifs is 2. The Labute approximate surface area is 73.3 Å². The van der Waals surface area contributed by atoms with Gasteiger partial charge < -0.3 is 4.74 Å². The first kappa shape index (κ1) is 8.09. The monoisotopic (exact) mass is 168 g/mol. The van der Waals surface area contributed by atoms with Gasteiger partial charge in [-0.25, -0.2) is 0 Å². The molecule has 0 saturated heterocycles. The standard InChI is InChI=1S/C10H16O2/c1-6-8-3-4-9(6)10(5-8)12-7(2)11/h6,8-10H,3-5H2,1-2H3/t6?,8-,9-,10-/m1/s1. The summed E-state index contributed by atoms with van der Waals surface area (Å²) in [5, 5.41) is 0. The van der Waals surface area contributed by atoms with Crippen LogP contribution in [0.2, 0.25) is 0 Å². The third-order valence-electron chi connectivity index (χ3n) is 3.62. The van der Waals surface area contributed by atoms with Gasteiger partial charge in [0.15, 0.2) is 0 Å². The maximum atomic E-state index is 10.8. The smallest absolute Gasteiger partial charge is 0.302 e. The molecule has 2 heteroatoms. The average molecular weight is 168 g/mol. The highest BCUT2D eigenvalue weighted by Gasteiger charge is 2.46. The SMILES string of the molecule is CC(=O)O[C@@H]1C[C@H]2CC[C@@H]1C2C. The molecule has 2 aliphatic rings. The summed E-state index contributed by atoms with van der Waals surface area (Å²) in [6.07, 6.45) is 3.98. The third kappa shape index (κ3) is 1.13. The molecule has 68 valence electrons. The molecule has 2 rings (SSSR count). The Bertz CT molecular complexity index is 200. The van der Waals surface area contributed by atoms with Gasteiger partial charge in [-0.15, -0.1) is 0 Å². The normalized spacial score (nSPS) is 44.8. The van der Waals surface area contributed by atoms with Crippen molar-refractivity contribution in [3.63, 3.8) is 0 Å². The fourth-order valence-electron chi connectivity index (χ4n) is 2.96. The lowest BCUT2D eigenvalue weighted by Crippen LogP contribution is -2.23. The molecule has 1 unspecified atom stereocenters. The minimum Gasteiger partial charge on any atom is -0.462 e. The maximum Gasteiger partial charge on any atom is 0.302 e. The van der Waals surface area contributed by atoms with Crippen molar-refractivity contribution in [2.75, 3.05) is 0 Å². The molecule has 0 amide bonds. The molecule has 4 atom stereocenters. The highest BCUT2D eigenvalue weighted by molar-refractivity contribution is 5.66. The Kier molecular flexibility index (Phi) is 1.85. The molecule has 2 bridgehead atoms. The second-order valence-electron chi connectivity index (χ2n) is 4.24. The molecular weight excluding hydrogens is 152 g/mol. The van der Waals surface area contributed by atoms with Gasteiger partial charge in [-0.05, 0) is 37.0 Å². The van der Waals surface area contributed by atoms with E-state index in [1.807, 2.05) is 0 Å². The molecule has 2 nitrogen and oxygen atoms in total. The van der Waals surface area contributed by atoms with Crippen LogP contribution in [0.4, 0.5) is 0 Å². The van der Waals surface area contributed by atoms with Crippen molar-refractivity contribution < 1.29 is 9.53 Å². The number of ether oxygens (including phenoxy) is 1. The number of rotatable bonds is 1. The first-order valence-electron chi connectivity index (χ1n) is 4.85. The Morgan fingerprint density at radius 1 is 1.42 bits per heavy atom. The van der Waals surface area contributed by atoms with Gasteiger partial charge in [0.1, 0.15) is 6.10 Å². The summed E-state index contributed by atoms with van der Waals surface area (Å²) in [5.41, 5.74) is 0. The first-order valence-corrected chi connectivity index (χ1v) is 4.85.